The first kappa shape index (κ1) is 13.5. The van der Waals surface area contributed by atoms with Gasteiger partial charge in [0.15, 0.2) is 0 Å². The van der Waals surface area contributed by atoms with Crippen molar-refractivity contribution in [2.24, 2.45) is 0 Å². The molecule has 0 unspecified atom stereocenters. The van der Waals surface area contributed by atoms with E-state index in [-0.39, 0.29) is 5.95 Å². The van der Waals surface area contributed by atoms with Crippen molar-refractivity contribution in [1.29, 1.82) is 0 Å². The number of nitrogen functional groups attached to an aromatic ring is 2. The van der Waals surface area contributed by atoms with E-state index in [1.807, 2.05) is 12.1 Å². The van der Waals surface area contributed by atoms with Gasteiger partial charge >= 0.3 is 0 Å². The van der Waals surface area contributed by atoms with Gasteiger partial charge in [-0.25, -0.2) is 0 Å². The van der Waals surface area contributed by atoms with Crippen LogP contribution in [-0.2, 0) is 0 Å². The van der Waals surface area contributed by atoms with Gasteiger partial charge in [-0.15, -0.1) is 5.10 Å². The fourth-order valence-corrected chi connectivity index (χ4v) is 2.79. The molecule has 21 heavy (non-hydrogen) atoms. The van der Waals surface area contributed by atoms with Gasteiger partial charge in [-0.1, -0.05) is 18.2 Å². The zero-order valence-corrected chi connectivity index (χ0v) is 12.2. The molecule has 2 aromatic rings. The minimum absolute atomic E-state index is 0.183. The van der Waals surface area contributed by atoms with Gasteiger partial charge in [0.2, 0.25) is 11.9 Å². The molecule has 6 heteroatoms. The van der Waals surface area contributed by atoms with E-state index in [0.29, 0.717) is 5.95 Å². The number of nitrogens with two attached hydrogens (primary N) is 2. The van der Waals surface area contributed by atoms with Crippen LogP contribution in [0.5, 0.6) is 0 Å². The molecule has 0 bridgehead atoms. The second-order valence-corrected chi connectivity index (χ2v) is 5.15. The van der Waals surface area contributed by atoms with Crippen LogP contribution in [-0.4, -0.2) is 32.8 Å². The molecular weight excluding hydrogens is 264 g/mol. The zero-order valence-electron chi connectivity index (χ0n) is 12.2. The summed E-state index contributed by atoms with van der Waals surface area (Å²) < 4.78 is 1.55. The zero-order chi connectivity index (χ0) is 14.8. The number of allylic oxidation sites excluding steroid dienone is 1. The Morgan fingerprint density at radius 3 is 2.33 bits per heavy atom. The van der Waals surface area contributed by atoms with Crippen LogP contribution >= 0.6 is 0 Å². The summed E-state index contributed by atoms with van der Waals surface area (Å²) in [6, 6.07) is 8.14. The van der Waals surface area contributed by atoms with E-state index >= 15 is 0 Å². The molecule has 2 heterocycles. The third kappa shape index (κ3) is 2.56. The predicted molar refractivity (Wildman–Crippen MR) is 84.6 cm³/mol. The maximum absolute atomic E-state index is 5.79. The van der Waals surface area contributed by atoms with E-state index in [2.05, 4.69) is 40.1 Å². The molecule has 0 spiro atoms. The first-order valence-electron chi connectivity index (χ1n) is 7.19. The summed E-state index contributed by atoms with van der Waals surface area (Å²) in [5.74, 6) is 0.480. The number of benzene rings is 1. The molecule has 110 valence electrons. The second kappa shape index (κ2) is 5.47. The number of hydrogen-bond acceptors (Lipinski definition) is 5. The highest BCUT2D eigenvalue weighted by Gasteiger charge is 2.15. The number of aromatic nitrogens is 3. The summed E-state index contributed by atoms with van der Waals surface area (Å²) in [6.07, 6.45) is 4.70. The number of anilines is 2. The fraction of sp³-hybridized carbons (Fsp3) is 0.333. The van der Waals surface area contributed by atoms with E-state index in [0.717, 1.165) is 18.8 Å². The molecule has 4 N–H and O–H groups in total. The largest absolute Gasteiger partial charge is 0.371 e. The predicted octanol–water partition coefficient (Wildman–Crippen LogP) is 1.89. The van der Waals surface area contributed by atoms with Crippen molar-refractivity contribution >= 4 is 17.6 Å². The summed E-state index contributed by atoms with van der Waals surface area (Å²) in [5.41, 5.74) is 14.7. The summed E-state index contributed by atoms with van der Waals surface area (Å²) in [4.78, 5) is 6.34. The molecule has 0 saturated carbocycles. The van der Waals surface area contributed by atoms with Gasteiger partial charge < -0.3 is 16.4 Å². The van der Waals surface area contributed by atoms with Gasteiger partial charge in [-0.05, 0) is 37.5 Å². The van der Waals surface area contributed by atoms with Crippen molar-refractivity contribution in [1.82, 2.24) is 19.7 Å². The molecule has 1 aromatic heterocycles. The molecule has 3 rings (SSSR count). The SMILES string of the molecule is CC=C(c1ccc(-n2nc(N)nc2N)cc1)N1CCCC1. The molecule has 0 radical (unpaired) electrons. The Hall–Kier alpha value is -2.50. The van der Waals surface area contributed by atoms with Crippen molar-refractivity contribution in [3.8, 4) is 5.69 Å². The summed E-state index contributed by atoms with van der Waals surface area (Å²) >= 11 is 0. The van der Waals surface area contributed by atoms with Crippen molar-refractivity contribution in [2.75, 3.05) is 24.6 Å². The average molecular weight is 284 g/mol. The second-order valence-electron chi connectivity index (χ2n) is 5.15. The Morgan fingerprint density at radius 2 is 1.81 bits per heavy atom. The van der Waals surface area contributed by atoms with Crippen LogP contribution < -0.4 is 11.5 Å². The smallest absolute Gasteiger partial charge is 0.241 e. The topological polar surface area (TPSA) is 86.0 Å². The lowest BCUT2D eigenvalue weighted by molar-refractivity contribution is 0.492. The van der Waals surface area contributed by atoms with Crippen LogP contribution in [0.25, 0.3) is 11.4 Å². The molecule has 1 aliphatic heterocycles. The van der Waals surface area contributed by atoms with Crippen molar-refractivity contribution in [3.63, 3.8) is 0 Å². The number of nitrogens with zero attached hydrogens (tertiary/aromatic N) is 4. The van der Waals surface area contributed by atoms with Crippen molar-refractivity contribution < 1.29 is 0 Å². The molecule has 0 amide bonds. The molecule has 1 aliphatic rings. The highest BCUT2D eigenvalue weighted by molar-refractivity contribution is 5.65. The third-order valence-corrected chi connectivity index (χ3v) is 3.78. The maximum Gasteiger partial charge on any atom is 0.241 e. The Morgan fingerprint density at radius 1 is 1.14 bits per heavy atom. The van der Waals surface area contributed by atoms with E-state index in [1.165, 1.54) is 24.1 Å². The van der Waals surface area contributed by atoms with E-state index in [1.54, 1.807) is 4.68 Å². The standard InChI is InChI=1S/C15H20N6/c1-2-13(20-9-3-4-10-20)11-5-7-12(8-6-11)21-15(17)18-14(16)19-21/h2,5-8H,3-4,9-10H2,1H3,(H4,16,17,18,19). The van der Waals surface area contributed by atoms with Gasteiger partial charge in [0.25, 0.3) is 0 Å². The summed E-state index contributed by atoms with van der Waals surface area (Å²) in [7, 11) is 0. The lowest BCUT2D eigenvalue weighted by Crippen LogP contribution is -2.17. The summed E-state index contributed by atoms with van der Waals surface area (Å²) in [6.45, 7) is 4.35. The molecular formula is C15H20N6. The Labute approximate surface area is 124 Å². The van der Waals surface area contributed by atoms with Crippen molar-refractivity contribution in [2.45, 2.75) is 19.8 Å². The van der Waals surface area contributed by atoms with Gasteiger partial charge in [0.1, 0.15) is 0 Å². The molecule has 6 nitrogen and oxygen atoms in total. The number of hydrogen-bond donors (Lipinski definition) is 2. The fourth-order valence-electron chi connectivity index (χ4n) is 2.79. The quantitative estimate of drug-likeness (QED) is 0.899. The van der Waals surface area contributed by atoms with Crippen LogP contribution in [0.2, 0.25) is 0 Å². The van der Waals surface area contributed by atoms with Crippen molar-refractivity contribution in [3.05, 3.63) is 35.9 Å². The first-order chi connectivity index (χ1) is 10.2. The van der Waals surface area contributed by atoms with E-state index in [9.17, 15) is 0 Å². The molecule has 0 aliphatic carbocycles. The first-order valence-corrected chi connectivity index (χ1v) is 7.19. The van der Waals surface area contributed by atoms with Crippen LogP contribution in [0, 0.1) is 0 Å². The number of likely N-dealkylation sites (tertiary alicyclic amines) is 1. The van der Waals surface area contributed by atoms with Gasteiger partial charge in [-0.2, -0.15) is 9.67 Å². The molecule has 1 aromatic carbocycles. The minimum Gasteiger partial charge on any atom is -0.371 e. The lowest BCUT2D eigenvalue weighted by atomic mass is 10.1. The van der Waals surface area contributed by atoms with Crippen LogP contribution in [0.4, 0.5) is 11.9 Å². The van der Waals surface area contributed by atoms with E-state index in [4.69, 9.17) is 11.5 Å². The monoisotopic (exact) mass is 284 g/mol. The minimum atomic E-state index is 0.183. The molecule has 0 atom stereocenters. The average Bonchev–Trinajstić information content (AvgIpc) is 3.11. The highest BCUT2D eigenvalue weighted by Crippen LogP contribution is 2.25. The Balaban J connectivity index is 1.88. The van der Waals surface area contributed by atoms with Gasteiger partial charge in [-0.3, -0.25) is 0 Å². The molecule has 1 saturated heterocycles. The van der Waals surface area contributed by atoms with Crippen LogP contribution in [0.1, 0.15) is 25.3 Å². The normalized spacial score (nSPS) is 15.7. The van der Waals surface area contributed by atoms with E-state index < -0.39 is 0 Å². The summed E-state index contributed by atoms with van der Waals surface area (Å²) in [5, 5.41) is 4.09. The van der Waals surface area contributed by atoms with Crippen LogP contribution in [0.3, 0.4) is 0 Å². The highest BCUT2D eigenvalue weighted by atomic mass is 15.4. The van der Waals surface area contributed by atoms with Gasteiger partial charge in [0, 0.05) is 18.8 Å². The number of rotatable bonds is 3. The Bertz CT molecular complexity index is 649. The lowest BCUT2D eigenvalue weighted by Gasteiger charge is -2.21. The molecule has 1 fully saturated rings. The van der Waals surface area contributed by atoms with Gasteiger partial charge in [0.05, 0.1) is 5.69 Å². The maximum atomic E-state index is 5.79. The van der Waals surface area contributed by atoms with Crippen LogP contribution in [0.15, 0.2) is 30.3 Å². The Kier molecular flexibility index (Phi) is 3.51. The third-order valence-electron chi connectivity index (χ3n) is 3.78.